The molecule has 0 aliphatic carbocycles. The summed E-state index contributed by atoms with van der Waals surface area (Å²) in [4.78, 5) is 38.9. The first-order chi connectivity index (χ1) is 18.2. The Morgan fingerprint density at radius 1 is 0.947 bits per heavy atom. The van der Waals surface area contributed by atoms with Gasteiger partial charge in [0.05, 0.1) is 17.5 Å². The van der Waals surface area contributed by atoms with Crippen LogP contribution in [0.4, 0.5) is 5.69 Å². The molecule has 190 valence electrons. The molecule has 1 atom stereocenters. The number of carbonyl (C=O) groups excluding carboxylic acids is 3. The van der Waals surface area contributed by atoms with E-state index in [2.05, 4.69) is 15.5 Å². The summed E-state index contributed by atoms with van der Waals surface area (Å²) < 4.78 is 0. The van der Waals surface area contributed by atoms with E-state index >= 15 is 0 Å². The number of para-hydroxylation sites is 3. The Morgan fingerprint density at radius 3 is 2.29 bits per heavy atom. The van der Waals surface area contributed by atoms with Crippen LogP contribution in [-0.4, -0.2) is 49.2 Å². The number of halogens is 1. The Morgan fingerprint density at radius 2 is 1.61 bits per heavy atom. The molecule has 38 heavy (non-hydrogen) atoms. The Kier molecular flexibility index (Phi) is 6.39. The lowest BCUT2D eigenvalue weighted by Gasteiger charge is -2.31. The average Bonchev–Trinajstić information content (AvgIpc) is 3.33. The van der Waals surface area contributed by atoms with Crippen molar-refractivity contribution < 1.29 is 29.7 Å². The summed E-state index contributed by atoms with van der Waals surface area (Å²) in [6.07, 6.45) is 1.26. The lowest BCUT2D eigenvalue weighted by molar-refractivity contribution is -0.132. The molecule has 4 N–H and O–H groups in total. The van der Waals surface area contributed by atoms with Gasteiger partial charge in [0.1, 0.15) is 17.3 Å². The smallest absolute Gasteiger partial charge is 0.301 e. The van der Waals surface area contributed by atoms with Gasteiger partial charge in [-0.05, 0) is 60.3 Å². The average molecular weight is 549 g/mol. The van der Waals surface area contributed by atoms with E-state index in [9.17, 15) is 29.7 Å². The van der Waals surface area contributed by atoms with E-state index < -0.39 is 33.8 Å². The highest BCUT2D eigenvalue weighted by atomic mass is 35.5. The van der Waals surface area contributed by atoms with Gasteiger partial charge in [-0.25, -0.2) is 0 Å². The summed E-state index contributed by atoms with van der Waals surface area (Å²) >= 11 is 6.61. The van der Waals surface area contributed by atoms with Crippen molar-refractivity contribution in [2.24, 2.45) is 10.2 Å². The molecule has 3 aromatic carbocycles. The summed E-state index contributed by atoms with van der Waals surface area (Å²) in [7, 11) is 0. The summed E-state index contributed by atoms with van der Waals surface area (Å²) in [5.41, 5.74) is -0.124. The third-order valence-corrected chi connectivity index (χ3v) is 7.31. The molecular weight excluding hydrogens is 532 g/mol. The molecule has 2 amide bonds. The number of aliphatic hydroxyl groups excluding tert-OH is 1. The SMILES string of the molecule is O=C1C(=O)N(c2ccccc2O)C2(SC(=NN=Cc3ccccc3O)NC2=O)/C1=C(\O)c1ccc(Cl)cc1. The summed E-state index contributed by atoms with van der Waals surface area (Å²) in [5, 5.41) is 42.3. The van der Waals surface area contributed by atoms with Crippen LogP contribution in [0.3, 0.4) is 0 Å². The number of phenols is 2. The topological polar surface area (TPSA) is 152 Å². The molecule has 2 aliphatic heterocycles. The molecule has 10 nitrogen and oxygen atoms in total. The second-order valence-corrected chi connectivity index (χ2v) is 9.72. The maximum atomic E-state index is 13.6. The van der Waals surface area contributed by atoms with E-state index in [1.165, 1.54) is 60.8 Å². The summed E-state index contributed by atoms with van der Waals surface area (Å²) in [5.74, 6) is -4.15. The van der Waals surface area contributed by atoms with Crippen molar-refractivity contribution in [1.29, 1.82) is 0 Å². The van der Waals surface area contributed by atoms with Crippen LogP contribution in [0.25, 0.3) is 5.76 Å². The fraction of sp³-hybridized carbons (Fsp3) is 0.0385. The zero-order chi connectivity index (χ0) is 27.0. The minimum Gasteiger partial charge on any atom is -0.507 e. The second kappa shape index (κ2) is 9.69. The highest BCUT2D eigenvalue weighted by molar-refractivity contribution is 8.16. The van der Waals surface area contributed by atoms with E-state index in [0.717, 1.165) is 4.90 Å². The molecule has 5 rings (SSSR count). The predicted octanol–water partition coefficient (Wildman–Crippen LogP) is 3.59. The number of amides is 2. The van der Waals surface area contributed by atoms with Gasteiger partial charge in [0.2, 0.25) is 4.87 Å². The Bertz CT molecular complexity index is 1590. The zero-order valence-electron chi connectivity index (χ0n) is 19.2. The van der Waals surface area contributed by atoms with Crippen molar-refractivity contribution in [2.45, 2.75) is 4.87 Å². The molecule has 1 spiro atoms. The van der Waals surface area contributed by atoms with Gasteiger partial charge >= 0.3 is 5.91 Å². The molecule has 2 saturated heterocycles. The van der Waals surface area contributed by atoms with Gasteiger partial charge in [0.25, 0.3) is 11.7 Å². The number of nitrogens with zero attached hydrogens (tertiary/aromatic N) is 3. The first kappa shape index (κ1) is 25.1. The molecule has 2 heterocycles. The first-order valence-electron chi connectivity index (χ1n) is 11.0. The number of amidine groups is 1. The number of nitrogens with one attached hydrogen (secondary N) is 1. The van der Waals surface area contributed by atoms with Crippen LogP contribution in [-0.2, 0) is 14.4 Å². The van der Waals surface area contributed by atoms with Gasteiger partial charge in [-0.3, -0.25) is 19.3 Å². The fourth-order valence-electron chi connectivity index (χ4n) is 4.06. The van der Waals surface area contributed by atoms with E-state index in [1.807, 2.05) is 0 Å². The van der Waals surface area contributed by atoms with Crippen LogP contribution in [0.5, 0.6) is 11.5 Å². The maximum absolute atomic E-state index is 13.6. The number of Topliss-reactive ketones (excluding diaryl/α,β-unsaturated/α-hetero) is 1. The van der Waals surface area contributed by atoms with Gasteiger partial charge < -0.3 is 20.6 Å². The number of thioether (sulfide) groups is 1. The number of hydrogen-bond donors (Lipinski definition) is 4. The van der Waals surface area contributed by atoms with Gasteiger partial charge in [-0.15, -0.1) is 5.10 Å². The summed E-state index contributed by atoms with van der Waals surface area (Å²) in [6.45, 7) is 0. The number of benzene rings is 3. The fourth-order valence-corrected chi connectivity index (χ4v) is 5.41. The lowest BCUT2D eigenvalue weighted by atomic mass is 9.99. The summed E-state index contributed by atoms with van der Waals surface area (Å²) in [6, 6.07) is 17.9. The molecule has 2 fully saturated rings. The maximum Gasteiger partial charge on any atom is 0.301 e. The first-order valence-corrected chi connectivity index (χ1v) is 12.2. The number of aromatic hydroxyl groups is 2. The normalized spacial score (nSPS) is 21.7. The third-order valence-electron chi connectivity index (χ3n) is 5.81. The van der Waals surface area contributed by atoms with Gasteiger partial charge in [-0.1, -0.05) is 35.9 Å². The van der Waals surface area contributed by atoms with Crippen molar-refractivity contribution in [3.63, 3.8) is 0 Å². The predicted molar refractivity (Wildman–Crippen MR) is 143 cm³/mol. The molecule has 0 radical (unpaired) electrons. The Labute approximate surface area is 224 Å². The van der Waals surface area contributed by atoms with Crippen molar-refractivity contribution in [3.8, 4) is 11.5 Å². The van der Waals surface area contributed by atoms with Crippen LogP contribution in [0, 0.1) is 0 Å². The monoisotopic (exact) mass is 548 g/mol. The van der Waals surface area contributed by atoms with Gasteiger partial charge in [-0.2, -0.15) is 5.10 Å². The van der Waals surface area contributed by atoms with Crippen molar-refractivity contribution in [3.05, 3.63) is 94.5 Å². The van der Waals surface area contributed by atoms with Crippen LogP contribution >= 0.6 is 23.4 Å². The Balaban J connectivity index is 1.66. The van der Waals surface area contributed by atoms with Crippen LogP contribution < -0.4 is 10.2 Å². The third kappa shape index (κ3) is 4.07. The Hall–Kier alpha value is -4.61. The minimum absolute atomic E-state index is 0.0353. The van der Waals surface area contributed by atoms with E-state index in [4.69, 9.17) is 11.6 Å². The van der Waals surface area contributed by atoms with Gasteiger partial charge in [0, 0.05) is 16.1 Å². The zero-order valence-corrected chi connectivity index (χ0v) is 20.8. The number of hydrogen-bond acceptors (Lipinski definition) is 9. The quantitative estimate of drug-likeness (QED) is 0.128. The largest absolute Gasteiger partial charge is 0.507 e. The van der Waals surface area contributed by atoms with Gasteiger partial charge in [0.15, 0.2) is 5.17 Å². The highest BCUT2D eigenvalue weighted by Crippen LogP contribution is 2.52. The number of carbonyl (C=O) groups is 3. The molecule has 0 aromatic heterocycles. The molecule has 0 bridgehead atoms. The molecule has 0 saturated carbocycles. The lowest BCUT2D eigenvalue weighted by Crippen LogP contribution is -2.50. The highest BCUT2D eigenvalue weighted by Gasteiger charge is 2.66. The van der Waals surface area contributed by atoms with Crippen molar-refractivity contribution in [2.75, 3.05) is 4.90 Å². The second-order valence-electron chi connectivity index (χ2n) is 8.10. The molecule has 2 aliphatic rings. The van der Waals surface area contributed by atoms with E-state index in [1.54, 1.807) is 18.2 Å². The van der Waals surface area contributed by atoms with Crippen LogP contribution in [0.2, 0.25) is 5.02 Å². The molecule has 12 heteroatoms. The number of anilines is 1. The van der Waals surface area contributed by atoms with Crippen molar-refractivity contribution in [1.82, 2.24) is 5.32 Å². The standard InChI is InChI=1S/C26H17ClN4O6S/c27-16-11-9-14(10-12-16)21(34)20-22(35)23(36)31(17-6-2-4-8-19(17)33)26(20)24(37)29-25(38-26)30-28-13-15-5-1-3-7-18(15)32/h1-13,32-34H,(H,29,30,37)/b21-20-,28-13?. The number of aliphatic hydroxyl groups is 1. The minimum atomic E-state index is -2.15. The molecular formula is C26H17ClN4O6S. The van der Waals surface area contributed by atoms with Crippen molar-refractivity contribution >= 4 is 63.8 Å². The van der Waals surface area contributed by atoms with E-state index in [-0.39, 0.29) is 27.9 Å². The molecule has 1 unspecified atom stereocenters. The van der Waals surface area contributed by atoms with Crippen LogP contribution in [0.1, 0.15) is 11.1 Å². The number of rotatable bonds is 4. The molecule has 3 aromatic rings. The van der Waals surface area contributed by atoms with E-state index in [0.29, 0.717) is 22.3 Å². The number of phenolic OH excluding ortho intramolecular Hbond substituents is 2. The number of ketones is 1. The van der Waals surface area contributed by atoms with Crippen LogP contribution in [0.15, 0.2) is 88.6 Å².